The molecule has 0 bridgehead atoms. The highest BCUT2D eigenvalue weighted by Crippen LogP contribution is 2.32. The Labute approximate surface area is 179 Å². The van der Waals surface area contributed by atoms with Crippen molar-refractivity contribution in [1.82, 2.24) is 15.1 Å². The Bertz CT molecular complexity index is 1120. The molecule has 1 amide bonds. The number of carbonyl (C=O) groups is 1. The molecule has 1 aliphatic rings. The van der Waals surface area contributed by atoms with E-state index in [1.165, 1.54) is 10.7 Å². The van der Waals surface area contributed by atoms with E-state index in [0.717, 1.165) is 16.9 Å². The fraction of sp³-hybridized carbons (Fsp3) is 0.261. The zero-order valence-corrected chi connectivity index (χ0v) is 17.2. The van der Waals surface area contributed by atoms with E-state index in [9.17, 15) is 9.59 Å². The van der Waals surface area contributed by atoms with Crippen molar-refractivity contribution in [1.29, 1.82) is 0 Å². The van der Waals surface area contributed by atoms with Crippen molar-refractivity contribution in [3.05, 3.63) is 70.5 Å². The summed E-state index contributed by atoms with van der Waals surface area (Å²) in [6.07, 6.45) is 0.143. The number of ether oxygens (including phenoxy) is 3. The summed E-state index contributed by atoms with van der Waals surface area (Å²) in [7, 11) is 0. The third-order valence-corrected chi connectivity index (χ3v) is 4.81. The predicted molar refractivity (Wildman–Crippen MR) is 114 cm³/mol. The summed E-state index contributed by atoms with van der Waals surface area (Å²) in [6, 6.07) is 16.2. The molecule has 0 radical (unpaired) electrons. The van der Waals surface area contributed by atoms with Crippen molar-refractivity contribution in [2.45, 2.75) is 26.4 Å². The molecule has 1 aliphatic heterocycles. The van der Waals surface area contributed by atoms with Gasteiger partial charge >= 0.3 is 0 Å². The fourth-order valence-electron chi connectivity index (χ4n) is 3.20. The van der Waals surface area contributed by atoms with Crippen LogP contribution in [0.5, 0.6) is 17.2 Å². The van der Waals surface area contributed by atoms with Gasteiger partial charge in [0.15, 0.2) is 11.5 Å². The summed E-state index contributed by atoms with van der Waals surface area (Å²) >= 11 is 0. The first-order valence-electron chi connectivity index (χ1n) is 10.1. The van der Waals surface area contributed by atoms with Gasteiger partial charge in [0.1, 0.15) is 5.75 Å². The van der Waals surface area contributed by atoms with Gasteiger partial charge in [0.05, 0.1) is 18.8 Å². The third-order valence-electron chi connectivity index (χ3n) is 4.81. The minimum Gasteiger partial charge on any atom is -0.494 e. The van der Waals surface area contributed by atoms with Crippen LogP contribution in [0.3, 0.4) is 0 Å². The molecular weight excluding hydrogens is 398 g/mol. The first-order valence-corrected chi connectivity index (χ1v) is 10.1. The minimum absolute atomic E-state index is 0.143. The number of carbonyl (C=O) groups excluding carboxylic acids is 1. The molecule has 0 fully saturated rings. The van der Waals surface area contributed by atoms with E-state index < -0.39 is 0 Å². The minimum atomic E-state index is -0.252. The Hall–Kier alpha value is -3.81. The quantitative estimate of drug-likeness (QED) is 0.601. The van der Waals surface area contributed by atoms with Crippen LogP contribution in [-0.2, 0) is 17.9 Å². The maximum Gasteiger partial charge on any atom is 0.266 e. The lowest BCUT2D eigenvalue weighted by atomic mass is 10.1. The average Bonchev–Trinajstić information content (AvgIpc) is 3.26. The number of benzene rings is 2. The topological polar surface area (TPSA) is 91.7 Å². The molecule has 2 aromatic carbocycles. The molecule has 2 heterocycles. The lowest BCUT2D eigenvalue weighted by Crippen LogP contribution is -2.28. The number of nitrogens with one attached hydrogen (secondary N) is 1. The standard InChI is InChI=1S/C23H23N3O5/c1-2-29-18-6-4-17(5-7-18)19-8-10-23(28)26(25-19)12-11-22(27)24-14-16-3-9-20-21(13-16)31-15-30-20/h3-10,13H,2,11-12,14-15H2,1H3,(H,24,27). The summed E-state index contributed by atoms with van der Waals surface area (Å²) < 4.78 is 17.4. The smallest absolute Gasteiger partial charge is 0.266 e. The van der Waals surface area contributed by atoms with Gasteiger partial charge in [-0.2, -0.15) is 5.10 Å². The highest BCUT2D eigenvalue weighted by molar-refractivity contribution is 5.75. The van der Waals surface area contributed by atoms with E-state index in [1.807, 2.05) is 49.4 Å². The van der Waals surface area contributed by atoms with E-state index in [2.05, 4.69) is 10.4 Å². The van der Waals surface area contributed by atoms with Crippen molar-refractivity contribution in [3.63, 3.8) is 0 Å². The maximum absolute atomic E-state index is 12.3. The molecule has 0 atom stereocenters. The average molecular weight is 421 g/mol. The molecule has 0 unspecified atom stereocenters. The number of fused-ring (bicyclic) bond motifs is 1. The van der Waals surface area contributed by atoms with Gasteiger partial charge in [-0.3, -0.25) is 9.59 Å². The summed E-state index contributed by atoms with van der Waals surface area (Å²) in [6.45, 7) is 3.29. The van der Waals surface area contributed by atoms with Crippen LogP contribution in [0.1, 0.15) is 18.9 Å². The van der Waals surface area contributed by atoms with E-state index in [0.29, 0.717) is 30.3 Å². The van der Waals surface area contributed by atoms with Crippen LogP contribution in [0.4, 0.5) is 0 Å². The monoisotopic (exact) mass is 421 g/mol. The van der Waals surface area contributed by atoms with Gasteiger partial charge in [-0.05, 0) is 55.0 Å². The molecule has 0 saturated heterocycles. The molecule has 1 aromatic heterocycles. The molecule has 0 aliphatic carbocycles. The van der Waals surface area contributed by atoms with Crippen LogP contribution in [0.2, 0.25) is 0 Å². The highest BCUT2D eigenvalue weighted by Gasteiger charge is 2.13. The summed E-state index contributed by atoms with van der Waals surface area (Å²) in [5.41, 5.74) is 2.18. The van der Waals surface area contributed by atoms with Gasteiger partial charge in [0.2, 0.25) is 12.7 Å². The van der Waals surface area contributed by atoms with Crippen molar-refractivity contribution in [2.75, 3.05) is 13.4 Å². The predicted octanol–water partition coefficient (Wildman–Crippen LogP) is 2.74. The SMILES string of the molecule is CCOc1ccc(-c2ccc(=O)n(CCC(=O)NCc3ccc4c(c3)OCO4)n2)cc1. The zero-order valence-electron chi connectivity index (χ0n) is 17.2. The Kier molecular flexibility index (Phi) is 6.16. The van der Waals surface area contributed by atoms with Crippen LogP contribution < -0.4 is 25.1 Å². The van der Waals surface area contributed by atoms with Gasteiger partial charge in [0, 0.05) is 24.6 Å². The first-order chi connectivity index (χ1) is 15.1. The van der Waals surface area contributed by atoms with Gasteiger partial charge in [-0.1, -0.05) is 6.07 Å². The van der Waals surface area contributed by atoms with Crippen LogP contribution in [0.15, 0.2) is 59.4 Å². The van der Waals surface area contributed by atoms with Crippen molar-refractivity contribution >= 4 is 5.91 Å². The molecule has 160 valence electrons. The molecule has 0 spiro atoms. The molecule has 31 heavy (non-hydrogen) atoms. The van der Waals surface area contributed by atoms with Crippen LogP contribution in [0, 0.1) is 0 Å². The molecule has 4 rings (SSSR count). The molecule has 1 N–H and O–H groups in total. The van der Waals surface area contributed by atoms with Gasteiger partial charge in [0.25, 0.3) is 5.56 Å². The van der Waals surface area contributed by atoms with Crippen molar-refractivity contribution < 1.29 is 19.0 Å². The Morgan fingerprint density at radius 3 is 2.71 bits per heavy atom. The zero-order chi connectivity index (χ0) is 21.6. The number of aromatic nitrogens is 2. The molecule has 8 heteroatoms. The van der Waals surface area contributed by atoms with Crippen molar-refractivity contribution in [3.8, 4) is 28.5 Å². The second-order valence-corrected chi connectivity index (χ2v) is 6.95. The van der Waals surface area contributed by atoms with Crippen molar-refractivity contribution in [2.24, 2.45) is 0 Å². The van der Waals surface area contributed by atoms with Gasteiger partial charge in [-0.25, -0.2) is 4.68 Å². The summed E-state index contributed by atoms with van der Waals surface area (Å²) in [5, 5.41) is 7.25. The van der Waals surface area contributed by atoms with E-state index in [4.69, 9.17) is 14.2 Å². The lowest BCUT2D eigenvalue weighted by molar-refractivity contribution is -0.121. The van der Waals surface area contributed by atoms with Crippen LogP contribution in [-0.4, -0.2) is 29.1 Å². The second-order valence-electron chi connectivity index (χ2n) is 6.95. The number of amides is 1. The Morgan fingerprint density at radius 2 is 1.90 bits per heavy atom. The summed E-state index contributed by atoms with van der Waals surface area (Å²) in [5.74, 6) is 1.98. The number of nitrogens with zero attached hydrogens (tertiary/aromatic N) is 2. The van der Waals surface area contributed by atoms with E-state index in [-0.39, 0.29) is 31.2 Å². The van der Waals surface area contributed by atoms with Crippen LogP contribution in [0.25, 0.3) is 11.3 Å². The van der Waals surface area contributed by atoms with Gasteiger partial charge in [-0.15, -0.1) is 0 Å². The van der Waals surface area contributed by atoms with Crippen LogP contribution >= 0.6 is 0 Å². The van der Waals surface area contributed by atoms with E-state index in [1.54, 1.807) is 6.07 Å². The Morgan fingerprint density at radius 1 is 1.10 bits per heavy atom. The Balaban J connectivity index is 1.35. The maximum atomic E-state index is 12.3. The molecule has 3 aromatic rings. The van der Waals surface area contributed by atoms with Gasteiger partial charge < -0.3 is 19.5 Å². The number of rotatable bonds is 8. The van der Waals surface area contributed by atoms with E-state index >= 15 is 0 Å². The molecule has 0 saturated carbocycles. The molecular formula is C23H23N3O5. The third kappa shape index (κ3) is 5.03. The number of hydrogen-bond acceptors (Lipinski definition) is 6. The largest absolute Gasteiger partial charge is 0.494 e. The number of hydrogen-bond donors (Lipinski definition) is 1. The highest BCUT2D eigenvalue weighted by atomic mass is 16.7. The fourth-order valence-corrected chi connectivity index (χ4v) is 3.20. The number of aryl methyl sites for hydroxylation is 1. The second kappa shape index (κ2) is 9.34. The first kappa shape index (κ1) is 20.5. The summed E-state index contributed by atoms with van der Waals surface area (Å²) in [4.78, 5) is 24.4. The molecule has 8 nitrogen and oxygen atoms in total. The lowest BCUT2D eigenvalue weighted by Gasteiger charge is -2.09. The normalized spacial score (nSPS) is 11.9.